The molecule has 2 amide bonds. The Labute approximate surface area is 277 Å². The third-order valence-corrected chi connectivity index (χ3v) is 7.26. The SMILES string of the molecule is COc1cc2ccccc2cc1C(=O)Nc1ccc(Cl)cc1OC(=O)c1cc2ccccc2cc1OCCCNC(=O)OC(C)(C)C. The van der Waals surface area contributed by atoms with Crippen molar-refractivity contribution in [1.82, 2.24) is 5.32 Å². The minimum atomic E-state index is -0.710. The summed E-state index contributed by atoms with van der Waals surface area (Å²) in [6, 6.07) is 26.8. The molecule has 0 spiro atoms. The molecule has 2 N–H and O–H groups in total. The molecule has 0 saturated carbocycles. The number of halogens is 1. The Morgan fingerprint density at radius 1 is 0.745 bits per heavy atom. The number of carbonyl (C=O) groups is 3. The highest BCUT2D eigenvalue weighted by molar-refractivity contribution is 6.31. The van der Waals surface area contributed by atoms with Gasteiger partial charge in [-0.15, -0.1) is 0 Å². The molecule has 242 valence electrons. The van der Waals surface area contributed by atoms with Gasteiger partial charge in [0.05, 0.1) is 25.0 Å². The van der Waals surface area contributed by atoms with Crippen LogP contribution in [0.2, 0.25) is 5.02 Å². The Kier molecular flexibility index (Phi) is 10.2. The molecular weight excluding hydrogens is 620 g/mol. The van der Waals surface area contributed by atoms with Crippen molar-refractivity contribution < 1.29 is 33.3 Å². The van der Waals surface area contributed by atoms with Crippen molar-refractivity contribution in [3.05, 3.63) is 107 Å². The summed E-state index contributed by atoms with van der Waals surface area (Å²) in [4.78, 5) is 39.2. The summed E-state index contributed by atoms with van der Waals surface area (Å²) in [5.41, 5.74) is 0.122. The molecular formula is C37H35ClN2O7. The minimum absolute atomic E-state index is 0.0521. The van der Waals surface area contributed by atoms with Gasteiger partial charge in [0.1, 0.15) is 22.7 Å². The van der Waals surface area contributed by atoms with Crippen LogP contribution < -0.4 is 24.8 Å². The van der Waals surface area contributed by atoms with Crippen LogP contribution in [0.3, 0.4) is 0 Å². The van der Waals surface area contributed by atoms with Gasteiger partial charge in [-0.3, -0.25) is 4.79 Å². The fourth-order valence-corrected chi connectivity index (χ4v) is 5.01. The van der Waals surface area contributed by atoms with Crippen molar-refractivity contribution in [2.24, 2.45) is 0 Å². The lowest BCUT2D eigenvalue weighted by molar-refractivity contribution is 0.0525. The maximum atomic E-state index is 13.7. The first-order chi connectivity index (χ1) is 22.5. The molecule has 0 heterocycles. The smallest absolute Gasteiger partial charge is 0.407 e. The first-order valence-electron chi connectivity index (χ1n) is 15.0. The Hall–Kier alpha value is -5.28. The zero-order chi connectivity index (χ0) is 33.6. The van der Waals surface area contributed by atoms with Crippen LogP contribution in [-0.4, -0.2) is 43.8 Å². The molecule has 0 aliphatic heterocycles. The number of rotatable bonds is 10. The number of benzene rings is 5. The van der Waals surface area contributed by atoms with E-state index in [-0.39, 0.29) is 23.6 Å². The number of carbonyl (C=O) groups excluding carboxylic acids is 3. The van der Waals surface area contributed by atoms with Crippen LogP contribution in [-0.2, 0) is 4.74 Å². The van der Waals surface area contributed by atoms with Gasteiger partial charge in [0.25, 0.3) is 5.91 Å². The fourth-order valence-electron chi connectivity index (χ4n) is 4.85. The normalized spacial score (nSPS) is 11.2. The molecule has 0 unspecified atom stereocenters. The molecule has 47 heavy (non-hydrogen) atoms. The summed E-state index contributed by atoms with van der Waals surface area (Å²) < 4.78 is 22.6. The number of nitrogens with one attached hydrogen (secondary N) is 2. The number of anilines is 1. The zero-order valence-corrected chi connectivity index (χ0v) is 27.3. The molecule has 5 aromatic carbocycles. The molecule has 0 fully saturated rings. The number of methoxy groups -OCH3 is 1. The second-order valence-electron chi connectivity index (χ2n) is 11.7. The molecule has 0 atom stereocenters. The monoisotopic (exact) mass is 654 g/mol. The van der Waals surface area contributed by atoms with E-state index in [4.69, 9.17) is 30.5 Å². The van der Waals surface area contributed by atoms with E-state index in [2.05, 4.69) is 10.6 Å². The van der Waals surface area contributed by atoms with Gasteiger partial charge in [0.15, 0.2) is 5.75 Å². The summed E-state index contributed by atoms with van der Waals surface area (Å²) in [6.07, 6.45) is -0.0561. The Bertz CT molecular complexity index is 1950. The van der Waals surface area contributed by atoms with Gasteiger partial charge in [-0.05, 0) is 85.1 Å². The highest BCUT2D eigenvalue weighted by atomic mass is 35.5. The van der Waals surface area contributed by atoms with E-state index in [0.717, 1.165) is 21.5 Å². The van der Waals surface area contributed by atoms with Crippen molar-refractivity contribution in [1.29, 1.82) is 0 Å². The van der Waals surface area contributed by atoms with Crippen LogP contribution in [0.15, 0.2) is 91.0 Å². The van der Waals surface area contributed by atoms with Crippen LogP contribution in [0.25, 0.3) is 21.5 Å². The summed E-state index contributed by atoms with van der Waals surface area (Å²) >= 11 is 6.29. The molecule has 5 aromatic rings. The third-order valence-electron chi connectivity index (χ3n) is 7.02. The molecule has 0 radical (unpaired) electrons. The minimum Gasteiger partial charge on any atom is -0.496 e. The molecule has 0 saturated heterocycles. The largest absolute Gasteiger partial charge is 0.496 e. The number of esters is 1. The summed E-state index contributed by atoms with van der Waals surface area (Å²) in [5, 5.41) is 9.30. The van der Waals surface area contributed by atoms with Crippen molar-refractivity contribution in [3.63, 3.8) is 0 Å². The number of fused-ring (bicyclic) bond motifs is 2. The van der Waals surface area contributed by atoms with Gasteiger partial charge >= 0.3 is 12.1 Å². The van der Waals surface area contributed by atoms with Crippen LogP contribution in [0.4, 0.5) is 10.5 Å². The van der Waals surface area contributed by atoms with E-state index < -0.39 is 23.6 Å². The van der Waals surface area contributed by atoms with Crippen LogP contribution >= 0.6 is 11.6 Å². The average molecular weight is 655 g/mol. The summed E-state index contributed by atoms with van der Waals surface area (Å²) in [7, 11) is 1.50. The lowest BCUT2D eigenvalue weighted by atomic mass is 10.1. The van der Waals surface area contributed by atoms with Gasteiger partial charge < -0.3 is 29.6 Å². The fraction of sp³-hybridized carbons (Fsp3) is 0.216. The van der Waals surface area contributed by atoms with Gasteiger partial charge in [-0.25, -0.2) is 9.59 Å². The molecule has 0 aliphatic carbocycles. The number of ether oxygens (including phenoxy) is 4. The van der Waals surface area contributed by atoms with Crippen molar-refractivity contribution in [3.8, 4) is 17.2 Å². The van der Waals surface area contributed by atoms with E-state index in [1.54, 1.807) is 57.2 Å². The van der Waals surface area contributed by atoms with Crippen LogP contribution in [0.5, 0.6) is 17.2 Å². The quantitative estimate of drug-likeness (QED) is 0.0883. The number of amides is 2. The lowest BCUT2D eigenvalue weighted by Gasteiger charge is -2.19. The molecule has 10 heteroatoms. The average Bonchev–Trinajstić information content (AvgIpc) is 3.03. The number of hydrogen-bond donors (Lipinski definition) is 2. The predicted molar refractivity (Wildman–Crippen MR) is 183 cm³/mol. The van der Waals surface area contributed by atoms with Crippen molar-refractivity contribution in [2.75, 3.05) is 25.6 Å². The van der Waals surface area contributed by atoms with E-state index in [9.17, 15) is 14.4 Å². The van der Waals surface area contributed by atoms with E-state index in [0.29, 0.717) is 35.1 Å². The Morgan fingerprint density at radius 2 is 1.34 bits per heavy atom. The van der Waals surface area contributed by atoms with Gasteiger partial charge in [0, 0.05) is 17.6 Å². The summed E-state index contributed by atoms with van der Waals surface area (Å²) in [6.45, 7) is 5.89. The first-order valence-corrected chi connectivity index (χ1v) is 15.4. The highest BCUT2D eigenvalue weighted by Crippen LogP contribution is 2.33. The van der Waals surface area contributed by atoms with Gasteiger partial charge in [-0.1, -0.05) is 60.1 Å². The standard InChI is InChI=1S/C37H35ClN2O7/c1-37(2,3)47-36(43)39-16-9-17-45-32-21-26-13-8-6-11-24(26)19-29(32)35(42)46-33-22-27(38)14-15-30(33)40-34(41)28-18-23-10-5-7-12-25(23)20-31(28)44-4/h5-8,10-15,18-22H,9,16-17H2,1-4H3,(H,39,43)(H,40,41). The van der Waals surface area contributed by atoms with Crippen LogP contribution in [0.1, 0.15) is 47.9 Å². The summed E-state index contributed by atoms with van der Waals surface area (Å²) in [5.74, 6) is -0.413. The number of alkyl carbamates (subject to hydrolysis) is 1. The third kappa shape index (κ3) is 8.51. The lowest BCUT2D eigenvalue weighted by Crippen LogP contribution is -2.33. The molecule has 0 bridgehead atoms. The molecule has 5 rings (SSSR count). The molecule has 9 nitrogen and oxygen atoms in total. The van der Waals surface area contributed by atoms with Crippen molar-refractivity contribution >= 4 is 56.8 Å². The maximum Gasteiger partial charge on any atom is 0.407 e. The van der Waals surface area contributed by atoms with Gasteiger partial charge in [-0.2, -0.15) is 0 Å². The van der Waals surface area contributed by atoms with E-state index in [1.165, 1.54) is 13.2 Å². The van der Waals surface area contributed by atoms with Gasteiger partial charge in [0.2, 0.25) is 0 Å². The van der Waals surface area contributed by atoms with Crippen LogP contribution in [0, 0.1) is 0 Å². The van der Waals surface area contributed by atoms with Crippen molar-refractivity contribution in [2.45, 2.75) is 32.8 Å². The predicted octanol–water partition coefficient (Wildman–Crippen LogP) is 8.42. The highest BCUT2D eigenvalue weighted by Gasteiger charge is 2.21. The maximum absolute atomic E-state index is 13.7. The molecule has 0 aromatic heterocycles. The first kappa shape index (κ1) is 33.1. The second-order valence-corrected chi connectivity index (χ2v) is 12.1. The topological polar surface area (TPSA) is 112 Å². The Morgan fingerprint density at radius 3 is 1.96 bits per heavy atom. The number of hydrogen-bond acceptors (Lipinski definition) is 7. The molecule has 0 aliphatic rings. The second kappa shape index (κ2) is 14.4. The zero-order valence-electron chi connectivity index (χ0n) is 26.5. The van der Waals surface area contributed by atoms with E-state index in [1.807, 2.05) is 48.5 Å². The van der Waals surface area contributed by atoms with E-state index >= 15 is 0 Å². The Balaban J connectivity index is 1.35.